The highest BCUT2D eigenvalue weighted by molar-refractivity contribution is 8.26. The summed E-state index contributed by atoms with van der Waals surface area (Å²) in [6, 6.07) is 10.0. The maximum Gasteiger partial charge on any atom is 0.266 e. The van der Waals surface area contributed by atoms with Gasteiger partial charge in [0.1, 0.15) is 4.32 Å². The van der Waals surface area contributed by atoms with Crippen LogP contribution >= 0.6 is 24.0 Å². The van der Waals surface area contributed by atoms with E-state index in [4.69, 9.17) is 12.2 Å². The molecule has 0 aromatic heterocycles. The molecule has 2 fully saturated rings. The zero-order chi connectivity index (χ0) is 20.8. The Morgan fingerprint density at radius 3 is 2.62 bits per heavy atom. The van der Waals surface area contributed by atoms with E-state index in [-0.39, 0.29) is 11.8 Å². The van der Waals surface area contributed by atoms with Gasteiger partial charge in [0, 0.05) is 26.1 Å². The predicted molar refractivity (Wildman–Crippen MR) is 124 cm³/mol. The van der Waals surface area contributed by atoms with Gasteiger partial charge in [-0.05, 0) is 49.3 Å². The number of amides is 2. The summed E-state index contributed by atoms with van der Waals surface area (Å²) >= 11 is 6.75. The standard InChI is InChI=1S/C23H28N2O2S2/c1-17-10-13-24(14-11-17)21(26)9-6-12-25-22(27)20(29-23(25)28)16-18(2)15-19-7-4-3-5-8-19/h3-5,7-8,15-17H,6,9-14H2,1-2H3. The average molecular weight is 429 g/mol. The molecule has 0 aliphatic carbocycles. The highest BCUT2D eigenvalue weighted by Crippen LogP contribution is 2.32. The number of nitrogens with zero attached hydrogens (tertiary/aromatic N) is 2. The number of thioether (sulfide) groups is 1. The molecule has 0 N–H and O–H groups in total. The Bertz CT molecular complexity index is 825. The lowest BCUT2D eigenvalue weighted by atomic mass is 9.99. The Labute approximate surface area is 183 Å². The van der Waals surface area contributed by atoms with Crippen molar-refractivity contribution in [1.29, 1.82) is 0 Å². The number of hydrogen-bond acceptors (Lipinski definition) is 4. The minimum atomic E-state index is -0.0555. The first kappa shape index (κ1) is 21.8. The molecular weight excluding hydrogens is 400 g/mol. The molecule has 2 aliphatic heterocycles. The van der Waals surface area contributed by atoms with E-state index in [0.29, 0.717) is 34.5 Å². The van der Waals surface area contributed by atoms with Crippen LogP contribution in [0.25, 0.3) is 6.08 Å². The monoisotopic (exact) mass is 428 g/mol. The molecule has 4 nitrogen and oxygen atoms in total. The lowest BCUT2D eigenvalue weighted by Crippen LogP contribution is -2.38. The summed E-state index contributed by atoms with van der Waals surface area (Å²) in [5.74, 6) is 0.847. The summed E-state index contributed by atoms with van der Waals surface area (Å²) < 4.78 is 0.577. The summed E-state index contributed by atoms with van der Waals surface area (Å²) in [6.45, 7) is 6.44. The van der Waals surface area contributed by atoms with Crippen molar-refractivity contribution >= 4 is 46.2 Å². The second-order valence-electron chi connectivity index (χ2n) is 7.80. The topological polar surface area (TPSA) is 40.6 Å². The van der Waals surface area contributed by atoms with E-state index < -0.39 is 0 Å². The van der Waals surface area contributed by atoms with Crippen molar-refractivity contribution in [2.75, 3.05) is 19.6 Å². The number of hydrogen-bond donors (Lipinski definition) is 0. The van der Waals surface area contributed by atoms with Crippen LogP contribution in [0.3, 0.4) is 0 Å². The molecule has 0 bridgehead atoms. The van der Waals surface area contributed by atoms with Gasteiger partial charge >= 0.3 is 0 Å². The van der Waals surface area contributed by atoms with E-state index in [9.17, 15) is 9.59 Å². The maximum absolute atomic E-state index is 12.7. The summed E-state index contributed by atoms with van der Waals surface area (Å²) in [5.41, 5.74) is 2.11. The molecule has 0 unspecified atom stereocenters. The van der Waals surface area contributed by atoms with E-state index in [2.05, 4.69) is 6.92 Å². The van der Waals surface area contributed by atoms with E-state index in [0.717, 1.165) is 37.1 Å². The van der Waals surface area contributed by atoms with Gasteiger partial charge in [0.15, 0.2) is 0 Å². The molecule has 154 valence electrons. The van der Waals surface area contributed by atoms with Crippen LogP contribution in [-0.2, 0) is 9.59 Å². The average Bonchev–Trinajstić information content (AvgIpc) is 2.96. The minimum Gasteiger partial charge on any atom is -0.343 e. The Kier molecular flexibility index (Phi) is 7.67. The van der Waals surface area contributed by atoms with Gasteiger partial charge in [-0.25, -0.2) is 0 Å². The largest absolute Gasteiger partial charge is 0.343 e. The molecule has 2 aliphatic rings. The number of likely N-dealkylation sites (tertiary alicyclic amines) is 1. The number of thiocarbonyl (C=S) groups is 1. The number of allylic oxidation sites excluding steroid dienone is 2. The number of carbonyl (C=O) groups excluding carboxylic acids is 2. The van der Waals surface area contributed by atoms with Crippen LogP contribution < -0.4 is 0 Å². The van der Waals surface area contributed by atoms with Crippen LogP contribution in [-0.4, -0.2) is 45.6 Å². The van der Waals surface area contributed by atoms with Crippen LogP contribution in [0.4, 0.5) is 0 Å². The van der Waals surface area contributed by atoms with Gasteiger partial charge in [0.05, 0.1) is 4.91 Å². The SMILES string of the molecule is CC(=Cc1ccccc1)C=C1SC(=S)N(CCCC(=O)N2CCC(C)CC2)C1=O. The first-order valence-electron chi connectivity index (χ1n) is 10.2. The number of benzene rings is 1. The molecular formula is C23H28N2O2S2. The van der Waals surface area contributed by atoms with E-state index >= 15 is 0 Å². The lowest BCUT2D eigenvalue weighted by molar-refractivity contribution is -0.133. The van der Waals surface area contributed by atoms with Gasteiger partial charge in [-0.2, -0.15) is 0 Å². The predicted octanol–water partition coefficient (Wildman–Crippen LogP) is 4.87. The van der Waals surface area contributed by atoms with Crippen LogP contribution in [0.15, 0.2) is 46.9 Å². The molecule has 1 aromatic carbocycles. The molecule has 0 radical (unpaired) electrons. The summed E-state index contributed by atoms with van der Waals surface area (Å²) in [7, 11) is 0. The zero-order valence-electron chi connectivity index (χ0n) is 17.1. The van der Waals surface area contributed by atoms with Crippen molar-refractivity contribution in [2.24, 2.45) is 5.92 Å². The van der Waals surface area contributed by atoms with Crippen LogP contribution in [0.2, 0.25) is 0 Å². The molecule has 2 saturated heterocycles. The van der Waals surface area contributed by atoms with E-state index in [1.807, 2.05) is 54.3 Å². The highest BCUT2D eigenvalue weighted by Gasteiger charge is 2.31. The van der Waals surface area contributed by atoms with Crippen molar-refractivity contribution in [3.63, 3.8) is 0 Å². The molecule has 2 heterocycles. The second kappa shape index (κ2) is 10.2. The van der Waals surface area contributed by atoms with Crippen molar-refractivity contribution in [3.05, 3.63) is 52.4 Å². The molecule has 1 aromatic rings. The van der Waals surface area contributed by atoms with Gasteiger partial charge in [0.2, 0.25) is 5.91 Å². The summed E-state index contributed by atoms with van der Waals surface area (Å²) in [4.78, 5) is 29.4. The first-order chi connectivity index (χ1) is 13.9. The highest BCUT2D eigenvalue weighted by atomic mass is 32.2. The molecule has 2 amide bonds. The number of carbonyl (C=O) groups is 2. The van der Waals surface area contributed by atoms with E-state index in [1.54, 1.807) is 4.90 Å². The normalized spacial score (nSPS) is 20.1. The van der Waals surface area contributed by atoms with Crippen molar-refractivity contribution in [1.82, 2.24) is 9.80 Å². The van der Waals surface area contributed by atoms with Crippen LogP contribution in [0, 0.1) is 5.92 Å². The molecule has 6 heteroatoms. The smallest absolute Gasteiger partial charge is 0.266 e. The third kappa shape index (κ3) is 6.03. The Morgan fingerprint density at radius 1 is 1.24 bits per heavy atom. The van der Waals surface area contributed by atoms with Gasteiger partial charge in [-0.3, -0.25) is 14.5 Å². The molecule has 0 saturated carbocycles. The zero-order valence-corrected chi connectivity index (χ0v) is 18.7. The fourth-order valence-corrected chi connectivity index (χ4v) is 4.92. The third-order valence-electron chi connectivity index (χ3n) is 5.33. The van der Waals surface area contributed by atoms with Crippen molar-refractivity contribution in [3.8, 4) is 0 Å². The lowest BCUT2D eigenvalue weighted by Gasteiger charge is -2.30. The number of rotatable bonds is 6. The molecule has 3 rings (SSSR count). The quantitative estimate of drug-likeness (QED) is 0.479. The summed E-state index contributed by atoms with van der Waals surface area (Å²) in [6.07, 6.45) is 7.22. The Balaban J connectivity index is 1.52. The van der Waals surface area contributed by atoms with Gasteiger partial charge < -0.3 is 4.90 Å². The molecule has 29 heavy (non-hydrogen) atoms. The summed E-state index contributed by atoms with van der Waals surface area (Å²) in [5, 5.41) is 0. The van der Waals surface area contributed by atoms with Crippen molar-refractivity contribution in [2.45, 2.75) is 39.5 Å². The fraction of sp³-hybridized carbons (Fsp3) is 0.435. The van der Waals surface area contributed by atoms with E-state index in [1.165, 1.54) is 11.8 Å². The minimum absolute atomic E-state index is 0.0555. The second-order valence-corrected chi connectivity index (χ2v) is 9.48. The third-order valence-corrected chi connectivity index (χ3v) is 6.71. The van der Waals surface area contributed by atoms with Crippen LogP contribution in [0.5, 0.6) is 0 Å². The van der Waals surface area contributed by atoms with Crippen LogP contribution in [0.1, 0.15) is 45.1 Å². The van der Waals surface area contributed by atoms with Gasteiger partial charge in [-0.15, -0.1) is 0 Å². The maximum atomic E-state index is 12.7. The first-order valence-corrected chi connectivity index (χ1v) is 11.4. The Morgan fingerprint density at radius 2 is 1.93 bits per heavy atom. The Hall–Kier alpha value is -1.92. The fourth-order valence-electron chi connectivity index (χ4n) is 3.56. The van der Waals surface area contributed by atoms with Gasteiger partial charge in [-0.1, -0.05) is 67.3 Å². The van der Waals surface area contributed by atoms with Gasteiger partial charge in [0.25, 0.3) is 5.91 Å². The number of piperidine rings is 1. The van der Waals surface area contributed by atoms with Crippen molar-refractivity contribution < 1.29 is 9.59 Å². The molecule has 0 atom stereocenters. The molecule has 0 spiro atoms.